The van der Waals surface area contributed by atoms with Crippen LogP contribution in [0.25, 0.3) is 0 Å². The largest absolute Gasteiger partial charge is 0.475 e. The van der Waals surface area contributed by atoms with E-state index < -0.39 is 23.3 Å². The van der Waals surface area contributed by atoms with E-state index >= 15 is 0 Å². The van der Waals surface area contributed by atoms with Gasteiger partial charge in [-0.1, -0.05) is 18.8 Å². The van der Waals surface area contributed by atoms with Crippen molar-refractivity contribution in [1.29, 1.82) is 0 Å². The summed E-state index contributed by atoms with van der Waals surface area (Å²) >= 11 is 0. The van der Waals surface area contributed by atoms with Crippen LogP contribution in [0.2, 0.25) is 0 Å². The summed E-state index contributed by atoms with van der Waals surface area (Å²) < 4.78 is 32.4. The third kappa shape index (κ3) is 3.74. The highest BCUT2D eigenvalue weighted by molar-refractivity contribution is 5.94. The van der Waals surface area contributed by atoms with Crippen LogP contribution < -0.4 is 15.8 Å². The zero-order valence-electron chi connectivity index (χ0n) is 12.1. The normalized spacial score (nSPS) is 21.0. The monoisotopic (exact) mass is 308 g/mol. The molecule has 6 heteroatoms. The average molecular weight is 308 g/mol. The van der Waals surface area contributed by atoms with Crippen molar-refractivity contribution in [2.24, 2.45) is 5.73 Å². The number of carbonyl (C=O) groups is 1. The predicted molar refractivity (Wildman–Crippen MR) is 78.4 cm³/mol. The van der Waals surface area contributed by atoms with Gasteiger partial charge in [0.05, 0.1) is 0 Å². The number of terminal acetylenes is 1. The number of halogens is 2. The van der Waals surface area contributed by atoms with Crippen LogP contribution in [-0.4, -0.2) is 24.6 Å². The number of carbonyl (C=O) groups excluding carboxylic acids is 1. The molecule has 3 N–H and O–H groups in total. The summed E-state index contributed by atoms with van der Waals surface area (Å²) in [5.74, 6) is -0.943. The fourth-order valence-electron chi connectivity index (χ4n) is 2.53. The summed E-state index contributed by atoms with van der Waals surface area (Å²) in [6.07, 6.45) is 8.57. The van der Waals surface area contributed by atoms with Crippen LogP contribution in [0.15, 0.2) is 12.1 Å². The van der Waals surface area contributed by atoms with Gasteiger partial charge in [0.2, 0.25) is 0 Å². The first-order chi connectivity index (χ1) is 10.5. The fourth-order valence-corrected chi connectivity index (χ4v) is 2.53. The van der Waals surface area contributed by atoms with Crippen LogP contribution in [0.3, 0.4) is 0 Å². The van der Waals surface area contributed by atoms with Crippen LogP contribution >= 0.6 is 0 Å². The van der Waals surface area contributed by atoms with E-state index in [0.717, 1.165) is 37.8 Å². The van der Waals surface area contributed by atoms with Gasteiger partial charge in [-0.25, -0.2) is 8.78 Å². The first-order valence-electron chi connectivity index (χ1n) is 7.14. The van der Waals surface area contributed by atoms with Gasteiger partial charge in [-0.2, -0.15) is 0 Å². The molecule has 1 aromatic carbocycles. The van der Waals surface area contributed by atoms with E-state index in [1.807, 2.05) is 0 Å². The first-order valence-corrected chi connectivity index (χ1v) is 7.14. The Balaban J connectivity index is 2.11. The summed E-state index contributed by atoms with van der Waals surface area (Å²) in [7, 11) is 0. The van der Waals surface area contributed by atoms with E-state index in [2.05, 4.69) is 11.2 Å². The molecule has 1 aliphatic rings. The lowest BCUT2D eigenvalue weighted by atomic mass is 9.91. The number of nitrogens with one attached hydrogen (secondary N) is 1. The number of nitrogens with two attached hydrogens (primary N) is 1. The van der Waals surface area contributed by atoms with Gasteiger partial charge < -0.3 is 15.8 Å². The molecule has 22 heavy (non-hydrogen) atoms. The lowest BCUT2D eigenvalue weighted by Gasteiger charge is -2.29. The molecule has 2 atom stereocenters. The Morgan fingerprint density at radius 3 is 2.59 bits per heavy atom. The third-order valence-corrected chi connectivity index (χ3v) is 3.70. The summed E-state index contributed by atoms with van der Waals surface area (Å²) in [5.41, 5.74) is 5.83. The molecule has 1 fully saturated rings. The Hall–Kier alpha value is -2.13. The van der Waals surface area contributed by atoms with Crippen molar-refractivity contribution in [2.75, 3.05) is 6.61 Å². The minimum Gasteiger partial charge on any atom is -0.475 e. The molecule has 0 radical (unpaired) electrons. The molecule has 0 aliphatic heterocycles. The van der Waals surface area contributed by atoms with E-state index in [1.54, 1.807) is 0 Å². The maximum Gasteiger partial charge on any atom is 0.251 e. The molecule has 1 aromatic rings. The molecule has 1 aliphatic carbocycles. The molecule has 0 bridgehead atoms. The number of ether oxygens (including phenoxy) is 1. The summed E-state index contributed by atoms with van der Waals surface area (Å²) in [5, 5.41) is 2.73. The average Bonchev–Trinajstić information content (AvgIpc) is 2.48. The van der Waals surface area contributed by atoms with Crippen molar-refractivity contribution >= 4 is 5.91 Å². The standard InChI is InChI=1S/C16H18F2N2O2/c1-2-7-22-15-11(17)8-10(9-12(15)18)16(21)20-14-6-4-3-5-13(14)19/h1,8-9,13-14H,3-7,19H2,(H,20,21). The summed E-state index contributed by atoms with van der Waals surface area (Å²) in [6.45, 7) is -0.254. The van der Waals surface area contributed by atoms with E-state index in [4.69, 9.17) is 16.9 Å². The maximum atomic E-state index is 13.8. The predicted octanol–water partition coefficient (Wildman–Crippen LogP) is 1.98. The zero-order chi connectivity index (χ0) is 16.1. The second kappa shape index (κ2) is 7.23. The van der Waals surface area contributed by atoms with Gasteiger partial charge in [-0.15, -0.1) is 6.42 Å². The van der Waals surface area contributed by atoms with Gasteiger partial charge in [0.15, 0.2) is 17.4 Å². The fraction of sp³-hybridized carbons (Fsp3) is 0.438. The highest BCUT2D eigenvalue weighted by atomic mass is 19.1. The van der Waals surface area contributed by atoms with Gasteiger partial charge in [0, 0.05) is 17.6 Å². The highest BCUT2D eigenvalue weighted by Crippen LogP contribution is 2.24. The lowest BCUT2D eigenvalue weighted by molar-refractivity contribution is 0.0920. The van der Waals surface area contributed by atoms with Crippen LogP contribution in [0.4, 0.5) is 8.78 Å². The van der Waals surface area contributed by atoms with E-state index in [9.17, 15) is 13.6 Å². The van der Waals surface area contributed by atoms with E-state index in [0.29, 0.717) is 0 Å². The Morgan fingerprint density at radius 2 is 2.00 bits per heavy atom. The molecule has 1 saturated carbocycles. The molecule has 1 amide bonds. The minimum absolute atomic E-state index is 0.110. The molecule has 2 unspecified atom stereocenters. The quantitative estimate of drug-likeness (QED) is 0.836. The number of benzene rings is 1. The Bertz CT molecular complexity index is 575. The van der Waals surface area contributed by atoms with Crippen molar-refractivity contribution < 1.29 is 18.3 Å². The molecule has 0 spiro atoms. The molecule has 4 nitrogen and oxygen atoms in total. The Labute approximate surface area is 128 Å². The van der Waals surface area contributed by atoms with Crippen LogP contribution in [0, 0.1) is 24.0 Å². The SMILES string of the molecule is C#CCOc1c(F)cc(C(=O)NC2CCCCC2N)cc1F. The minimum atomic E-state index is -0.964. The van der Waals surface area contributed by atoms with Crippen molar-refractivity contribution in [3.63, 3.8) is 0 Å². The third-order valence-electron chi connectivity index (χ3n) is 3.70. The molecular weight excluding hydrogens is 290 g/mol. The van der Waals surface area contributed by atoms with Gasteiger partial charge in [-0.3, -0.25) is 4.79 Å². The maximum absolute atomic E-state index is 13.8. The molecule has 2 rings (SSSR count). The number of hydrogen-bond donors (Lipinski definition) is 2. The number of rotatable bonds is 4. The number of hydrogen-bond acceptors (Lipinski definition) is 3. The second-order valence-corrected chi connectivity index (χ2v) is 5.29. The van der Waals surface area contributed by atoms with Gasteiger partial charge >= 0.3 is 0 Å². The zero-order valence-corrected chi connectivity index (χ0v) is 12.1. The van der Waals surface area contributed by atoms with Crippen molar-refractivity contribution in [2.45, 2.75) is 37.8 Å². The smallest absolute Gasteiger partial charge is 0.251 e. The van der Waals surface area contributed by atoms with Crippen LogP contribution in [0.5, 0.6) is 5.75 Å². The van der Waals surface area contributed by atoms with Gasteiger partial charge in [0.1, 0.15) is 6.61 Å². The van der Waals surface area contributed by atoms with Gasteiger partial charge in [-0.05, 0) is 25.0 Å². The highest BCUT2D eigenvalue weighted by Gasteiger charge is 2.24. The van der Waals surface area contributed by atoms with Crippen LogP contribution in [0.1, 0.15) is 36.0 Å². The Kier molecular flexibility index (Phi) is 5.34. The second-order valence-electron chi connectivity index (χ2n) is 5.29. The summed E-state index contributed by atoms with van der Waals surface area (Å²) in [6, 6.07) is 1.55. The van der Waals surface area contributed by atoms with Crippen molar-refractivity contribution in [3.05, 3.63) is 29.3 Å². The molecular formula is C16H18F2N2O2. The first kappa shape index (κ1) is 16.2. The van der Waals surface area contributed by atoms with E-state index in [-0.39, 0.29) is 24.3 Å². The molecule has 118 valence electrons. The van der Waals surface area contributed by atoms with Crippen molar-refractivity contribution in [1.82, 2.24) is 5.32 Å². The van der Waals surface area contributed by atoms with Gasteiger partial charge in [0.25, 0.3) is 5.91 Å². The van der Waals surface area contributed by atoms with Crippen LogP contribution in [-0.2, 0) is 0 Å². The molecule has 0 saturated heterocycles. The topological polar surface area (TPSA) is 64.3 Å². The summed E-state index contributed by atoms with van der Waals surface area (Å²) in [4.78, 5) is 12.1. The molecule has 0 aromatic heterocycles. The van der Waals surface area contributed by atoms with Crippen molar-refractivity contribution in [3.8, 4) is 18.1 Å². The number of amides is 1. The lowest BCUT2D eigenvalue weighted by Crippen LogP contribution is -2.49. The van der Waals surface area contributed by atoms with E-state index in [1.165, 1.54) is 0 Å². The molecule has 0 heterocycles. The Morgan fingerprint density at radius 1 is 1.36 bits per heavy atom.